The molecule has 100 valence electrons. The molecule has 1 aliphatic heterocycles. The third-order valence-electron chi connectivity index (χ3n) is 4.58. The Morgan fingerprint density at radius 1 is 1.29 bits per heavy atom. The lowest BCUT2D eigenvalue weighted by molar-refractivity contribution is 0.125. The third kappa shape index (κ3) is 3.62. The Morgan fingerprint density at radius 3 is 2.71 bits per heavy atom. The predicted molar refractivity (Wildman–Crippen MR) is 75.8 cm³/mol. The Hall–Kier alpha value is 0.270. The Labute approximate surface area is 112 Å². The number of thiol groups is 1. The minimum absolute atomic E-state index is 0.517. The van der Waals surface area contributed by atoms with E-state index in [9.17, 15) is 0 Å². The highest BCUT2D eigenvalue weighted by molar-refractivity contribution is 7.80. The van der Waals surface area contributed by atoms with Crippen LogP contribution >= 0.6 is 12.6 Å². The van der Waals surface area contributed by atoms with Crippen LogP contribution < -0.4 is 0 Å². The molecule has 1 aliphatic carbocycles. The number of methoxy groups -OCH3 is 1. The summed E-state index contributed by atoms with van der Waals surface area (Å²) < 4.78 is 5.27. The van der Waals surface area contributed by atoms with E-state index in [-0.39, 0.29) is 0 Å². The first-order valence-corrected chi connectivity index (χ1v) is 7.73. The molecule has 3 heteroatoms. The van der Waals surface area contributed by atoms with E-state index in [2.05, 4.69) is 17.5 Å². The van der Waals surface area contributed by atoms with Gasteiger partial charge in [0.05, 0.1) is 6.61 Å². The van der Waals surface area contributed by atoms with Gasteiger partial charge in [0.15, 0.2) is 0 Å². The van der Waals surface area contributed by atoms with Crippen LogP contribution in [0.5, 0.6) is 0 Å². The maximum Gasteiger partial charge on any atom is 0.0503 e. The van der Waals surface area contributed by atoms with Gasteiger partial charge in [-0.3, -0.25) is 0 Å². The van der Waals surface area contributed by atoms with Crippen LogP contribution in [-0.2, 0) is 4.74 Å². The van der Waals surface area contributed by atoms with Crippen molar-refractivity contribution in [2.45, 2.75) is 38.5 Å². The van der Waals surface area contributed by atoms with Crippen molar-refractivity contribution in [3.05, 3.63) is 0 Å². The van der Waals surface area contributed by atoms with Gasteiger partial charge in [-0.15, -0.1) is 0 Å². The van der Waals surface area contributed by atoms with E-state index in [1.165, 1.54) is 58.2 Å². The largest absolute Gasteiger partial charge is 0.384 e. The molecular formula is C14H27NOS. The SMILES string of the molecule is COCC1CCN(CC2(CS)CCCCC2)C1. The van der Waals surface area contributed by atoms with Crippen molar-refractivity contribution < 1.29 is 4.74 Å². The lowest BCUT2D eigenvalue weighted by Crippen LogP contribution is -2.39. The minimum atomic E-state index is 0.517. The highest BCUT2D eigenvalue weighted by Gasteiger charge is 2.34. The lowest BCUT2D eigenvalue weighted by Gasteiger charge is -2.39. The molecule has 0 spiro atoms. The molecule has 0 N–H and O–H groups in total. The zero-order valence-electron chi connectivity index (χ0n) is 11.2. The Kier molecular flexibility index (Phi) is 5.19. The Balaban J connectivity index is 1.83. The first-order valence-electron chi connectivity index (χ1n) is 7.10. The highest BCUT2D eigenvalue weighted by atomic mass is 32.1. The molecule has 1 atom stereocenters. The molecule has 2 fully saturated rings. The molecule has 0 amide bonds. The summed E-state index contributed by atoms with van der Waals surface area (Å²) >= 11 is 4.63. The predicted octanol–water partition coefficient (Wildman–Crippen LogP) is 2.84. The van der Waals surface area contributed by atoms with Gasteiger partial charge in [0.1, 0.15) is 0 Å². The van der Waals surface area contributed by atoms with Crippen LogP contribution in [0.4, 0.5) is 0 Å². The van der Waals surface area contributed by atoms with Crippen molar-refractivity contribution in [3.63, 3.8) is 0 Å². The molecule has 0 aromatic carbocycles. The lowest BCUT2D eigenvalue weighted by atomic mass is 9.75. The molecular weight excluding hydrogens is 230 g/mol. The van der Waals surface area contributed by atoms with E-state index in [1.807, 2.05) is 7.11 Å². The maximum atomic E-state index is 5.27. The summed E-state index contributed by atoms with van der Waals surface area (Å²) in [6.45, 7) is 4.72. The molecule has 1 unspecified atom stereocenters. The van der Waals surface area contributed by atoms with E-state index >= 15 is 0 Å². The maximum absolute atomic E-state index is 5.27. The van der Waals surface area contributed by atoms with E-state index < -0.39 is 0 Å². The first kappa shape index (κ1) is 13.7. The molecule has 0 bridgehead atoms. The van der Waals surface area contributed by atoms with Crippen LogP contribution in [0.15, 0.2) is 0 Å². The van der Waals surface area contributed by atoms with Gasteiger partial charge in [-0.25, -0.2) is 0 Å². The highest BCUT2D eigenvalue weighted by Crippen LogP contribution is 2.38. The zero-order valence-corrected chi connectivity index (χ0v) is 12.1. The molecule has 2 aliphatic rings. The van der Waals surface area contributed by atoms with E-state index in [0.29, 0.717) is 5.41 Å². The minimum Gasteiger partial charge on any atom is -0.384 e. The normalized spacial score (nSPS) is 29.6. The van der Waals surface area contributed by atoms with Crippen molar-refractivity contribution >= 4 is 12.6 Å². The van der Waals surface area contributed by atoms with Gasteiger partial charge < -0.3 is 9.64 Å². The first-order chi connectivity index (χ1) is 8.28. The van der Waals surface area contributed by atoms with Crippen LogP contribution in [0.2, 0.25) is 0 Å². The summed E-state index contributed by atoms with van der Waals surface area (Å²) in [5.41, 5.74) is 0.517. The Bertz CT molecular complexity index is 228. The van der Waals surface area contributed by atoms with Gasteiger partial charge in [0.25, 0.3) is 0 Å². The van der Waals surface area contributed by atoms with Crippen molar-refractivity contribution in [1.29, 1.82) is 0 Å². The van der Waals surface area contributed by atoms with Crippen LogP contribution in [0.25, 0.3) is 0 Å². The average molecular weight is 257 g/mol. The van der Waals surface area contributed by atoms with E-state index in [1.54, 1.807) is 0 Å². The smallest absolute Gasteiger partial charge is 0.0503 e. The third-order valence-corrected chi connectivity index (χ3v) is 5.25. The van der Waals surface area contributed by atoms with Crippen LogP contribution in [0.1, 0.15) is 38.5 Å². The monoisotopic (exact) mass is 257 g/mol. The van der Waals surface area contributed by atoms with Gasteiger partial charge in [0.2, 0.25) is 0 Å². The summed E-state index contributed by atoms with van der Waals surface area (Å²) in [5, 5.41) is 0. The van der Waals surface area contributed by atoms with Crippen LogP contribution in [0, 0.1) is 11.3 Å². The van der Waals surface area contributed by atoms with Crippen molar-refractivity contribution in [2.24, 2.45) is 11.3 Å². The summed E-state index contributed by atoms with van der Waals surface area (Å²) in [7, 11) is 1.82. The molecule has 0 radical (unpaired) electrons. The molecule has 0 aromatic heterocycles. The molecule has 2 nitrogen and oxygen atoms in total. The molecule has 1 saturated heterocycles. The second-order valence-corrected chi connectivity index (χ2v) is 6.38. The van der Waals surface area contributed by atoms with Crippen molar-refractivity contribution in [3.8, 4) is 0 Å². The van der Waals surface area contributed by atoms with Crippen LogP contribution in [-0.4, -0.2) is 44.0 Å². The fourth-order valence-electron chi connectivity index (χ4n) is 3.57. The number of hydrogen-bond acceptors (Lipinski definition) is 3. The van der Waals surface area contributed by atoms with Gasteiger partial charge in [-0.1, -0.05) is 19.3 Å². The number of rotatable bonds is 5. The quantitative estimate of drug-likeness (QED) is 0.760. The number of ether oxygens (including phenoxy) is 1. The molecule has 1 heterocycles. The van der Waals surface area contributed by atoms with Gasteiger partial charge in [-0.2, -0.15) is 12.6 Å². The van der Waals surface area contributed by atoms with E-state index in [4.69, 9.17) is 4.74 Å². The summed E-state index contributed by atoms with van der Waals surface area (Å²) in [6.07, 6.45) is 8.36. The van der Waals surface area contributed by atoms with Gasteiger partial charge in [-0.05, 0) is 42.9 Å². The molecule has 17 heavy (non-hydrogen) atoms. The standard InChI is InChI=1S/C14H27NOS/c1-16-10-13-5-8-15(9-13)11-14(12-17)6-3-2-4-7-14/h13,17H,2-12H2,1H3. The zero-order chi connectivity index (χ0) is 12.1. The Morgan fingerprint density at radius 2 is 2.06 bits per heavy atom. The average Bonchev–Trinajstić information content (AvgIpc) is 2.78. The second kappa shape index (κ2) is 6.44. The second-order valence-electron chi connectivity index (χ2n) is 6.06. The summed E-state index contributed by atoms with van der Waals surface area (Å²) in [5.74, 6) is 1.83. The summed E-state index contributed by atoms with van der Waals surface area (Å²) in [4.78, 5) is 2.66. The van der Waals surface area contributed by atoms with Gasteiger partial charge in [0, 0.05) is 20.2 Å². The van der Waals surface area contributed by atoms with Crippen LogP contribution in [0.3, 0.4) is 0 Å². The summed E-state index contributed by atoms with van der Waals surface area (Å²) in [6, 6.07) is 0. The number of nitrogens with zero attached hydrogens (tertiary/aromatic N) is 1. The number of hydrogen-bond donors (Lipinski definition) is 1. The van der Waals surface area contributed by atoms with Gasteiger partial charge >= 0.3 is 0 Å². The topological polar surface area (TPSA) is 12.5 Å². The molecule has 1 saturated carbocycles. The van der Waals surface area contributed by atoms with E-state index in [0.717, 1.165) is 18.3 Å². The van der Waals surface area contributed by atoms with Crippen molar-refractivity contribution in [1.82, 2.24) is 4.90 Å². The fourth-order valence-corrected chi connectivity index (χ4v) is 3.99. The molecule has 0 aromatic rings. The molecule has 2 rings (SSSR count). The fraction of sp³-hybridized carbons (Fsp3) is 1.00. The van der Waals surface area contributed by atoms with Crippen molar-refractivity contribution in [2.75, 3.05) is 39.1 Å². The number of likely N-dealkylation sites (tertiary alicyclic amines) is 1.